The fraction of sp³-hybridized carbons (Fsp3) is 0.556. The molecule has 0 radical (unpaired) electrons. The van der Waals surface area contributed by atoms with Gasteiger partial charge in [0.05, 0.1) is 0 Å². The second kappa shape index (κ2) is 4.04. The number of carbonyl (C=O) groups excluding carboxylic acids is 2. The molecule has 1 rings (SSSR count). The Morgan fingerprint density at radius 1 is 1.42 bits per heavy atom. The van der Waals surface area contributed by atoms with Gasteiger partial charge >= 0.3 is 5.97 Å². The van der Waals surface area contributed by atoms with Gasteiger partial charge in [-0.25, -0.2) is 0 Å². The third-order valence-corrected chi connectivity index (χ3v) is 1.83. The van der Waals surface area contributed by atoms with E-state index in [1.165, 1.54) is 13.2 Å². The molecular formula is C9H12O3. The quantitative estimate of drug-likeness (QED) is 0.339. The Bertz CT molecular complexity index is 228. The molecule has 1 aliphatic carbocycles. The van der Waals surface area contributed by atoms with E-state index >= 15 is 0 Å². The van der Waals surface area contributed by atoms with E-state index in [2.05, 4.69) is 4.74 Å². The summed E-state index contributed by atoms with van der Waals surface area (Å²) in [6.45, 7) is 1.32. The summed E-state index contributed by atoms with van der Waals surface area (Å²) in [4.78, 5) is 21.6. The maximum absolute atomic E-state index is 11.1. The molecule has 0 aromatic heterocycles. The van der Waals surface area contributed by atoms with Crippen LogP contribution in [-0.2, 0) is 14.3 Å². The van der Waals surface area contributed by atoms with Crippen molar-refractivity contribution in [3.8, 4) is 0 Å². The summed E-state index contributed by atoms with van der Waals surface area (Å²) in [5, 5.41) is 0. The molecule has 3 heteroatoms. The Kier molecular flexibility index (Phi) is 3.02. The van der Waals surface area contributed by atoms with Crippen molar-refractivity contribution in [1.29, 1.82) is 0 Å². The van der Waals surface area contributed by atoms with Gasteiger partial charge < -0.3 is 4.74 Å². The molecule has 1 aliphatic rings. The van der Waals surface area contributed by atoms with Crippen LogP contribution < -0.4 is 0 Å². The lowest BCUT2D eigenvalue weighted by Crippen LogP contribution is -2.09. The van der Waals surface area contributed by atoms with Gasteiger partial charge in [0.15, 0.2) is 5.78 Å². The zero-order chi connectivity index (χ0) is 8.97. The number of esters is 1. The smallest absolute Gasteiger partial charge is 0.307 e. The summed E-state index contributed by atoms with van der Waals surface area (Å²) in [5.74, 6) is -0.261. The maximum Gasteiger partial charge on any atom is 0.307 e. The molecule has 0 heterocycles. The van der Waals surface area contributed by atoms with Gasteiger partial charge in [0.2, 0.25) is 0 Å². The van der Waals surface area contributed by atoms with E-state index in [1.807, 2.05) is 0 Å². The van der Waals surface area contributed by atoms with Gasteiger partial charge in [-0.3, -0.25) is 9.59 Å². The number of rotatable bonds is 1. The molecule has 1 saturated carbocycles. The summed E-state index contributed by atoms with van der Waals surface area (Å²) in [5.41, 5.74) is 0.649. The normalized spacial score (nSPS) is 21.1. The number of ether oxygens (including phenoxy) is 1. The van der Waals surface area contributed by atoms with Gasteiger partial charge in [0, 0.05) is 18.9 Å². The predicted octanol–water partition coefficient (Wildman–Crippen LogP) is 1.58. The highest BCUT2D eigenvalue weighted by atomic mass is 16.5. The van der Waals surface area contributed by atoms with Gasteiger partial charge in [-0.1, -0.05) is 0 Å². The first-order chi connectivity index (χ1) is 5.70. The van der Waals surface area contributed by atoms with Crippen LogP contribution in [0.1, 0.15) is 32.6 Å². The van der Waals surface area contributed by atoms with Crippen LogP contribution in [0.2, 0.25) is 0 Å². The van der Waals surface area contributed by atoms with E-state index in [4.69, 9.17) is 0 Å². The fourth-order valence-electron chi connectivity index (χ4n) is 1.18. The second-order valence-electron chi connectivity index (χ2n) is 2.88. The topological polar surface area (TPSA) is 43.4 Å². The summed E-state index contributed by atoms with van der Waals surface area (Å²) >= 11 is 0. The molecule has 0 aromatic carbocycles. The predicted molar refractivity (Wildman–Crippen MR) is 43.3 cm³/mol. The largest absolute Gasteiger partial charge is 0.434 e. The van der Waals surface area contributed by atoms with E-state index in [0.29, 0.717) is 12.0 Å². The summed E-state index contributed by atoms with van der Waals surface area (Å²) in [6.07, 6.45) is 4.60. The first-order valence-corrected chi connectivity index (χ1v) is 4.09. The van der Waals surface area contributed by atoms with Crippen molar-refractivity contribution in [3.63, 3.8) is 0 Å². The standard InChI is InChI=1S/C9H12O3/c1-7(10)12-6-8-4-2-3-5-9(8)11/h6H,2-5H2,1H3/b8-6-. The molecule has 12 heavy (non-hydrogen) atoms. The van der Waals surface area contributed by atoms with Crippen LogP contribution in [0.15, 0.2) is 11.8 Å². The SMILES string of the molecule is CC(=O)O/C=C1/CCCCC1=O. The van der Waals surface area contributed by atoms with E-state index < -0.39 is 0 Å². The lowest BCUT2D eigenvalue weighted by molar-refractivity contribution is -0.135. The highest BCUT2D eigenvalue weighted by Gasteiger charge is 2.15. The van der Waals surface area contributed by atoms with Crippen LogP contribution in [-0.4, -0.2) is 11.8 Å². The molecule has 0 spiro atoms. The van der Waals surface area contributed by atoms with Gasteiger partial charge in [-0.05, 0) is 19.3 Å². The Morgan fingerprint density at radius 2 is 2.08 bits per heavy atom. The molecule has 0 aromatic rings. The lowest BCUT2D eigenvalue weighted by atomic mass is 9.95. The molecule has 0 unspecified atom stereocenters. The summed E-state index contributed by atoms with van der Waals surface area (Å²) in [7, 11) is 0. The minimum Gasteiger partial charge on any atom is -0.434 e. The summed E-state index contributed by atoms with van der Waals surface area (Å²) < 4.78 is 4.63. The van der Waals surface area contributed by atoms with Crippen molar-refractivity contribution < 1.29 is 14.3 Å². The molecule has 0 saturated heterocycles. The van der Waals surface area contributed by atoms with Gasteiger partial charge in [-0.2, -0.15) is 0 Å². The maximum atomic E-state index is 11.1. The monoisotopic (exact) mass is 168 g/mol. The van der Waals surface area contributed by atoms with Crippen LogP contribution in [0.4, 0.5) is 0 Å². The molecular weight excluding hydrogens is 156 g/mol. The molecule has 0 amide bonds. The number of carbonyl (C=O) groups is 2. The minimum absolute atomic E-state index is 0.113. The Balaban J connectivity index is 2.53. The Morgan fingerprint density at radius 3 is 2.67 bits per heavy atom. The minimum atomic E-state index is -0.374. The molecule has 3 nitrogen and oxygen atoms in total. The first kappa shape index (κ1) is 8.97. The van der Waals surface area contributed by atoms with Gasteiger partial charge in [0.25, 0.3) is 0 Å². The average molecular weight is 168 g/mol. The molecule has 1 fully saturated rings. The number of ketones is 1. The average Bonchev–Trinajstić information content (AvgIpc) is 2.03. The molecule has 0 N–H and O–H groups in total. The van der Waals surface area contributed by atoms with Crippen molar-refractivity contribution in [2.45, 2.75) is 32.6 Å². The van der Waals surface area contributed by atoms with E-state index in [-0.39, 0.29) is 11.8 Å². The van der Waals surface area contributed by atoms with Crippen LogP contribution in [0.5, 0.6) is 0 Å². The van der Waals surface area contributed by atoms with Crippen LogP contribution in [0.3, 0.4) is 0 Å². The zero-order valence-corrected chi connectivity index (χ0v) is 7.13. The Hall–Kier alpha value is -1.12. The third kappa shape index (κ3) is 2.49. The number of hydrogen-bond donors (Lipinski definition) is 0. The fourth-order valence-corrected chi connectivity index (χ4v) is 1.18. The number of Topliss-reactive ketones (excluding diaryl/α,β-unsaturated/α-hetero) is 1. The van der Waals surface area contributed by atoms with Crippen molar-refractivity contribution >= 4 is 11.8 Å². The van der Waals surface area contributed by atoms with Gasteiger partial charge in [-0.15, -0.1) is 0 Å². The molecule has 0 aliphatic heterocycles. The lowest BCUT2D eigenvalue weighted by Gasteiger charge is -2.11. The summed E-state index contributed by atoms with van der Waals surface area (Å²) in [6, 6.07) is 0. The highest BCUT2D eigenvalue weighted by Crippen LogP contribution is 2.19. The first-order valence-electron chi connectivity index (χ1n) is 4.09. The third-order valence-electron chi connectivity index (χ3n) is 1.83. The van der Waals surface area contributed by atoms with E-state index in [0.717, 1.165) is 19.3 Å². The molecule has 66 valence electrons. The van der Waals surface area contributed by atoms with E-state index in [1.54, 1.807) is 0 Å². The highest BCUT2D eigenvalue weighted by molar-refractivity contribution is 5.95. The van der Waals surface area contributed by atoms with Crippen molar-refractivity contribution in [2.24, 2.45) is 0 Å². The molecule has 0 atom stereocenters. The second-order valence-corrected chi connectivity index (χ2v) is 2.88. The Labute approximate surface area is 71.4 Å². The van der Waals surface area contributed by atoms with Crippen LogP contribution in [0.25, 0.3) is 0 Å². The van der Waals surface area contributed by atoms with Crippen molar-refractivity contribution in [3.05, 3.63) is 11.8 Å². The van der Waals surface area contributed by atoms with E-state index in [9.17, 15) is 9.59 Å². The van der Waals surface area contributed by atoms with Crippen LogP contribution >= 0.6 is 0 Å². The number of allylic oxidation sites excluding steroid dienone is 1. The zero-order valence-electron chi connectivity index (χ0n) is 7.13. The van der Waals surface area contributed by atoms with Crippen LogP contribution in [0, 0.1) is 0 Å². The van der Waals surface area contributed by atoms with Crippen molar-refractivity contribution in [1.82, 2.24) is 0 Å². The van der Waals surface area contributed by atoms with Gasteiger partial charge in [0.1, 0.15) is 6.26 Å². The molecule has 0 bridgehead atoms. The van der Waals surface area contributed by atoms with Crippen molar-refractivity contribution in [2.75, 3.05) is 0 Å². The number of hydrogen-bond acceptors (Lipinski definition) is 3.